The molecule has 0 aliphatic heterocycles. The van der Waals surface area contributed by atoms with Gasteiger partial charge in [0, 0.05) is 11.8 Å². The van der Waals surface area contributed by atoms with E-state index in [9.17, 15) is 4.79 Å². The molecule has 0 bridgehead atoms. The highest BCUT2D eigenvalue weighted by Gasteiger charge is 2.08. The standard InChI is InChI=1S/C27H29NO3/c1-18-14-20(3)27(21(4)15-18)28-26(29)13-11-22-10-12-24(25(16-22)30-5)31-17-23-9-7-6-8-19(23)2/h6-16H,17H2,1-5H3,(H,28,29)/b13-11+. The molecule has 0 unspecified atom stereocenters. The van der Waals surface area contributed by atoms with E-state index in [0.29, 0.717) is 18.1 Å². The van der Waals surface area contributed by atoms with Gasteiger partial charge in [0.1, 0.15) is 6.61 Å². The second-order valence-electron chi connectivity index (χ2n) is 7.72. The van der Waals surface area contributed by atoms with Crippen LogP contribution in [0.2, 0.25) is 0 Å². The average molecular weight is 416 g/mol. The third-order valence-corrected chi connectivity index (χ3v) is 5.18. The van der Waals surface area contributed by atoms with Crippen molar-refractivity contribution in [2.75, 3.05) is 12.4 Å². The van der Waals surface area contributed by atoms with Gasteiger partial charge in [-0.15, -0.1) is 0 Å². The number of nitrogens with one attached hydrogen (secondary N) is 1. The van der Waals surface area contributed by atoms with E-state index >= 15 is 0 Å². The minimum absolute atomic E-state index is 0.172. The van der Waals surface area contributed by atoms with Crippen molar-refractivity contribution in [3.63, 3.8) is 0 Å². The van der Waals surface area contributed by atoms with Crippen LogP contribution in [0.15, 0.2) is 60.7 Å². The molecule has 1 N–H and O–H groups in total. The van der Waals surface area contributed by atoms with E-state index in [2.05, 4.69) is 36.5 Å². The van der Waals surface area contributed by atoms with Crippen LogP contribution in [0.3, 0.4) is 0 Å². The Morgan fingerprint density at radius 3 is 2.29 bits per heavy atom. The van der Waals surface area contributed by atoms with Gasteiger partial charge in [-0.05, 0) is 73.7 Å². The molecule has 1 amide bonds. The van der Waals surface area contributed by atoms with E-state index in [0.717, 1.165) is 27.9 Å². The first-order chi connectivity index (χ1) is 14.9. The number of amides is 1. The first kappa shape index (κ1) is 22.2. The molecule has 31 heavy (non-hydrogen) atoms. The van der Waals surface area contributed by atoms with Crippen LogP contribution in [0.5, 0.6) is 11.5 Å². The van der Waals surface area contributed by atoms with E-state index in [1.165, 1.54) is 17.2 Å². The number of anilines is 1. The Morgan fingerprint density at radius 2 is 1.61 bits per heavy atom. The van der Waals surface area contributed by atoms with Crippen molar-refractivity contribution in [3.8, 4) is 11.5 Å². The fraction of sp³-hybridized carbons (Fsp3) is 0.222. The Kier molecular flexibility index (Phi) is 7.14. The molecule has 0 aliphatic carbocycles. The molecule has 0 spiro atoms. The Balaban J connectivity index is 1.68. The summed E-state index contributed by atoms with van der Waals surface area (Å²) in [5.74, 6) is 1.12. The zero-order chi connectivity index (χ0) is 22.4. The predicted octanol–water partition coefficient (Wildman–Crippen LogP) is 6.16. The molecule has 0 saturated heterocycles. The maximum Gasteiger partial charge on any atom is 0.248 e. The Labute approximate surface area is 184 Å². The Bertz CT molecular complexity index is 1090. The second-order valence-corrected chi connectivity index (χ2v) is 7.72. The van der Waals surface area contributed by atoms with Crippen molar-refractivity contribution in [3.05, 3.63) is 94.1 Å². The highest BCUT2D eigenvalue weighted by Crippen LogP contribution is 2.29. The fourth-order valence-corrected chi connectivity index (χ4v) is 3.55. The normalized spacial score (nSPS) is 10.9. The summed E-state index contributed by atoms with van der Waals surface area (Å²) in [6.45, 7) is 8.58. The zero-order valence-electron chi connectivity index (χ0n) is 18.8. The lowest BCUT2D eigenvalue weighted by atomic mass is 10.1. The number of aryl methyl sites for hydroxylation is 4. The van der Waals surface area contributed by atoms with Crippen LogP contribution in [0, 0.1) is 27.7 Å². The number of carbonyl (C=O) groups is 1. The largest absolute Gasteiger partial charge is 0.493 e. The van der Waals surface area contributed by atoms with Crippen LogP contribution < -0.4 is 14.8 Å². The van der Waals surface area contributed by atoms with Crippen LogP contribution in [-0.4, -0.2) is 13.0 Å². The first-order valence-electron chi connectivity index (χ1n) is 10.3. The van der Waals surface area contributed by atoms with Gasteiger partial charge in [-0.1, -0.05) is 48.0 Å². The average Bonchev–Trinajstić information content (AvgIpc) is 2.74. The highest BCUT2D eigenvalue weighted by atomic mass is 16.5. The molecular weight excluding hydrogens is 386 g/mol. The molecule has 4 nitrogen and oxygen atoms in total. The van der Waals surface area contributed by atoms with E-state index in [4.69, 9.17) is 9.47 Å². The van der Waals surface area contributed by atoms with Gasteiger partial charge in [-0.3, -0.25) is 4.79 Å². The molecular formula is C27H29NO3. The van der Waals surface area contributed by atoms with Crippen LogP contribution in [0.4, 0.5) is 5.69 Å². The van der Waals surface area contributed by atoms with Gasteiger partial charge in [0.15, 0.2) is 11.5 Å². The third-order valence-electron chi connectivity index (χ3n) is 5.18. The molecule has 3 aromatic rings. The van der Waals surface area contributed by atoms with E-state index in [-0.39, 0.29) is 5.91 Å². The summed E-state index contributed by atoms with van der Waals surface area (Å²) in [7, 11) is 1.61. The summed E-state index contributed by atoms with van der Waals surface area (Å²) in [4.78, 5) is 12.4. The van der Waals surface area contributed by atoms with Gasteiger partial charge in [-0.25, -0.2) is 0 Å². The molecule has 0 saturated carbocycles. The van der Waals surface area contributed by atoms with Gasteiger partial charge < -0.3 is 14.8 Å². The number of benzene rings is 3. The van der Waals surface area contributed by atoms with E-state index < -0.39 is 0 Å². The van der Waals surface area contributed by atoms with Gasteiger partial charge in [0.25, 0.3) is 0 Å². The monoisotopic (exact) mass is 415 g/mol. The number of hydrogen-bond acceptors (Lipinski definition) is 3. The molecule has 160 valence electrons. The highest BCUT2D eigenvalue weighted by molar-refractivity contribution is 6.02. The molecule has 4 heteroatoms. The summed E-state index contributed by atoms with van der Waals surface area (Å²) < 4.78 is 11.5. The SMILES string of the molecule is COc1cc(/C=C/C(=O)Nc2c(C)cc(C)cc2C)ccc1OCc1ccccc1C. The number of ether oxygens (including phenoxy) is 2. The summed E-state index contributed by atoms with van der Waals surface area (Å²) in [5.41, 5.74) is 7.32. The number of carbonyl (C=O) groups excluding carboxylic acids is 1. The predicted molar refractivity (Wildman–Crippen MR) is 127 cm³/mol. The van der Waals surface area contributed by atoms with Crippen molar-refractivity contribution in [1.29, 1.82) is 0 Å². The van der Waals surface area contributed by atoms with Crippen LogP contribution in [-0.2, 0) is 11.4 Å². The van der Waals surface area contributed by atoms with E-state index in [1.54, 1.807) is 13.2 Å². The fourth-order valence-electron chi connectivity index (χ4n) is 3.55. The van der Waals surface area contributed by atoms with Crippen molar-refractivity contribution in [1.82, 2.24) is 0 Å². The minimum atomic E-state index is -0.172. The summed E-state index contributed by atoms with van der Waals surface area (Å²) >= 11 is 0. The number of methoxy groups -OCH3 is 1. The van der Waals surface area contributed by atoms with Gasteiger partial charge in [-0.2, -0.15) is 0 Å². The van der Waals surface area contributed by atoms with Crippen LogP contribution >= 0.6 is 0 Å². The third kappa shape index (κ3) is 5.76. The lowest BCUT2D eigenvalue weighted by molar-refractivity contribution is -0.111. The lowest BCUT2D eigenvalue weighted by Crippen LogP contribution is -2.10. The number of rotatable bonds is 7. The maximum absolute atomic E-state index is 12.4. The molecule has 0 atom stereocenters. The second kappa shape index (κ2) is 9.98. The summed E-state index contributed by atoms with van der Waals surface area (Å²) in [5, 5.41) is 2.98. The van der Waals surface area contributed by atoms with Crippen molar-refractivity contribution in [2.45, 2.75) is 34.3 Å². The molecule has 3 aromatic carbocycles. The molecule has 0 heterocycles. The maximum atomic E-state index is 12.4. The smallest absolute Gasteiger partial charge is 0.248 e. The van der Waals surface area contributed by atoms with E-state index in [1.807, 2.05) is 51.1 Å². The summed E-state index contributed by atoms with van der Waals surface area (Å²) in [6, 6.07) is 17.9. The topological polar surface area (TPSA) is 47.6 Å². The molecule has 0 radical (unpaired) electrons. The Morgan fingerprint density at radius 1 is 0.903 bits per heavy atom. The van der Waals surface area contributed by atoms with Crippen molar-refractivity contribution in [2.24, 2.45) is 0 Å². The lowest BCUT2D eigenvalue weighted by Gasteiger charge is -2.13. The van der Waals surface area contributed by atoms with Crippen molar-refractivity contribution >= 4 is 17.7 Å². The molecule has 0 aliphatic rings. The number of hydrogen-bond donors (Lipinski definition) is 1. The van der Waals surface area contributed by atoms with Crippen LogP contribution in [0.25, 0.3) is 6.08 Å². The first-order valence-corrected chi connectivity index (χ1v) is 10.3. The van der Waals surface area contributed by atoms with Gasteiger partial charge in [0.2, 0.25) is 5.91 Å². The minimum Gasteiger partial charge on any atom is -0.493 e. The van der Waals surface area contributed by atoms with Crippen molar-refractivity contribution < 1.29 is 14.3 Å². The van der Waals surface area contributed by atoms with Gasteiger partial charge in [0.05, 0.1) is 7.11 Å². The quantitative estimate of drug-likeness (QED) is 0.470. The summed E-state index contributed by atoms with van der Waals surface area (Å²) in [6.07, 6.45) is 3.29. The Hall–Kier alpha value is -3.53. The molecule has 0 aromatic heterocycles. The molecule has 3 rings (SSSR count). The zero-order valence-corrected chi connectivity index (χ0v) is 18.8. The van der Waals surface area contributed by atoms with Crippen LogP contribution in [0.1, 0.15) is 33.4 Å². The van der Waals surface area contributed by atoms with Gasteiger partial charge >= 0.3 is 0 Å². The molecule has 0 fully saturated rings.